The summed E-state index contributed by atoms with van der Waals surface area (Å²) in [5, 5.41) is 9.43. The molecule has 0 bridgehead atoms. The Morgan fingerprint density at radius 1 is 1.10 bits per heavy atom. The lowest BCUT2D eigenvalue weighted by Gasteiger charge is -2.19. The van der Waals surface area contributed by atoms with Gasteiger partial charge >= 0.3 is 0 Å². The summed E-state index contributed by atoms with van der Waals surface area (Å²) in [4.78, 5) is 6.97. The highest BCUT2D eigenvalue weighted by Gasteiger charge is 2.25. The minimum atomic E-state index is 0.691. The number of nitrogens with two attached hydrogens (primary N) is 1. The molecule has 0 unspecified atom stereocenters. The minimum Gasteiger partial charge on any atom is -0.399 e. The van der Waals surface area contributed by atoms with E-state index in [4.69, 9.17) is 10.7 Å². The SMILES string of the molecule is N#Cc1cc2c(nc1N1Cc3ccc(N)cc3C1)CCC2. The van der Waals surface area contributed by atoms with Gasteiger partial charge in [0.15, 0.2) is 0 Å². The van der Waals surface area contributed by atoms with Crippen LogP contribution >= 0.6 is 0 Å². The zero-order chi connectivity index (χ0) is 14.4. The molecule has 2 heterocycles. The van der Waals surface area contributed by atoms with E-state index < -0.39 is 0 Å². The summed E-state index contributed by atoms with van der Waals surface area (Å²) in [5.74, 6) is 0.827. The standard InChI is InChI=1S/C17H16N4/c18-8-13-6-11-2-1-3-16(11)20-17(13)21-9-12-4-5-15(19)7-14(12)10-21/h4-7H,1-3,9-10,19H2. The number of hydrogen-bond donors (Lipinski definition) is 1. The van der Waals surface area contributed by atoms with Gasteiger partial charge in [-0.15, -0.1) is 0 Å². The maximum absolute atomic E-state index is 9.43. The van der Waals surface area contributed by atoms with E-state index >= 15 is 0 Å². The number of nitriles is 1. The fraction of sp³-hybridized carbons (Fsp3) is 0.294. The summed E-state index contributed by atoms with van der Waals surface area (Å²) in [6, 6.07) is 10.4. The van der Waals surface area contributed by atoms with Crippen LogP contribution in [-0.4, -0.2) is 4.98 Å². The van der Waals surface area contributed by atoms with Crippen molar-refractivity contribution in [2.24, 2.45) is 0 Å². The summed E-state index contributed by atoms with van der Waals surface area (Å²) in [6.07, 6.45) is 3.23. The maximum atomic E-state index is 9.43. The average molecular weight is 276 g/mol. The van der Waals surface area contributed by atoms with Crippen molar-refractivity contribution in [1.82, 2.24) is 4.98 Å². The van der Waals surface area contributed by atoms with Crippen molar-refractivity contribution in [2.75, 3.05) is 10.6 Å². The molecule has 1 aliphatic heterocycles. The number of nitrogens with zero attached hydrogens (tertiary/aromatic N) is 3. The van der Waals surface area contributed by atoms with Crippen molar-refractivity contribution < 1.29 is 0 Å². The first-order chi connectivity index (χ1) is 10.2. The van der Waals surface area contributed by atoms with Gasteiger partial charge in [0.1, 0.15) is 11.9 Å². The number of aromatic nitrogens is 1. The van der Waals surface area contributed by atoms with Crippen LogP contribution in [0.1, 0.15) is 34.4 Å². The molecule has 0 fully saturated rings. The lowest BCUT2D eigenvalue weighted by atomic mass is 10.1. The molecule has 0 saturated carbocycles. The van der Waals surface area contributed by atoms with E-state index in [0.717, 1.165) is 43.9 Å². The topological polar surface area (TPSA) is 65.9 Å². The average Bonchev–Trinajstić information content (AvgIpc) is 3.10. The third-order valence-electron chi connectivity index (χ3n) is 4.40. The van der Waals surface area contributed by atoms with E-state index in [1.165, 1.54) is 22.4 Å². The Bertz CT molecular complexity index is 773. The number of fused-ring (bicyclic) bond motifs is 2. The van der Waals surface area contributed by atoms with Crippen LogP contribution in [0.5, 0.6) is 0 Å². The van der Waals surface area contributed by atoms with Crippen LogP contribution in [0.25, 0.3) is 0 Å². The molecule has 21 heavy (non-hydrogen) atoms. The molecule has 104 valence electrons. The van der Waals surface area contributed by atoms with Crippen LogP contribution in [0.15, 0.2) is 24.3 Å². The van der Waals surface area contributed by atoms with Gasteiger partial charge in [-0.25, -0.2) is 4.98 Å². The van der Waals surface area contributed by atoms with Gasteiger partial charge in [0.05, 0.1) is 5.56 Å². The van der Waals surface area contributed by atoms with E-state index in [1.54, 1.807) is 0 Å². The number of aryl methyl sites for hydroxylation is 2. The van der Waals surface area contributed by atoms with E-state index in [1.807, 2.05) is 18.2 Å². The second-order valence-corrected chi connectivity index (χ2v) is 5.81. The molecule has 0 amide bonds. The highest BCUT2D eigenvalue weighted by molar-refractivity contribution is 5.60. The van der Waals surface area contributed by atoms with Gasteiger partial charge in [0, 0.05) is 24.5 Å². The highest BCUT2D eigenvalue weighted by Crippen LogP contribution is 2.33. The summed E-state index contributed by atoms with van der Waals surface area (Å²) in [7, 11) is 0. The molecule has 1 aromatic carbocycles. The van der Waals surface area contributed by atoms with Crippen molar-refractivity contribution in [3.05, 3.63) is 52.2 Å². The van der Waals surface area contributed by atoms with Crippen LogP contribution in [0.4, 0.5) is 11.5 Å². The van der Waals surface area contributed by atoms with Gasteiger partial charge in [0.25, 0.3) is 0 Å². The fourth-order valence-electron chi connectivity index (χ4n) is 3.35. The number of anilines is 2. The minimum absolute atomic E-state index is 0.691. The first kappa shape index (κ1) is 12.2. The Morgan fingerprint density at radius 2 is 1.95 bits per heavy atom. The number of rotatable bonds is 1. The van der Waals surface area contributed by atoms with E-state index in [2.05, 4.69) is 17.0 Å². The molecule has 1 aliphatic carbocycles. The van der Waals surface area contributed by atoms with Crippen LogP contribution in [0, 0.1) is 11.3 Å². The quantitative estimate of drug-likeness (QED) is 0.813. The van der Waals surface area contributed by atoms with Gasteiger partial charge in [-0.05, 0) is 54.2 Å². The Labute approximate surface area is 123 Å². The van der Waals surface area contributed by atoms with E-state index in [0.29, 0.717) is 5.56 Å². The van der Waals surface area contributed by atoms with Gasteiger partial charge in [-0.1, -0.05) is 6.07 Å². The first-order valence-corrected chi connectivity index (χ1v) is 7.30. The maximum Gasteiger partial charge on any atom is 0.147 e. The van der Waals surface area contributed by atoms with Gasteiger partial charge in [0.2, 0.25) is 0 Å². The Morgan fingerprint density at radius 3 is 2.81 bits per heavy atom. The van der Waals surface area contributed by atoms with Crippen molar-refractivity contribution in [3.63, 3.8) is 0 Å². The predicted molar refractivity (Wildman–Crippen MR) is 81.7 cm³/mol. The predicted octanol–water partition coefficient (Wildman–Crippen LogP) is 2.54. The third kappa shape index (κ3) is 1.93. The molecule has 0 radical (unpaired) electrons. The van der Waals surface area contributed by atoms with Crippen molar-refractivity contribution >= 4 is 11.5 Å². The molecule has 4 heteroatoms. The van der Waals surface area contributed by atoms with Crippen molar-refractivity contribution in [2.45, 2.75) is 32.4 Å². The smallest absolute Gasteiger partial charge is 0.147 e. The second kappa shape index (κ2) is 4.49. The molecule has 0 atom stereocenters. The molecule has 1 aromatic heterocycles. The second-order valence-electron chi connectivity index (χ2n) is 5.81. The Balaban J connectivity index is 1.74. The van der Waals surface area contributed by atoms with Crippen molar-refractivity contribution in [1.29, 1.82) is 5.26 Å². The summed E-state index contributed by atoms with van der Waals surface area (Å²) < 4.78 is 0. The van der Waals surface area contributed by atoms with Gasteiger partial charge in [-0.3, -0.25) is 0 Å². The molecule has 0 spiro atoms. The van der Waals surface area contributed by atoms with E-state index in [-0.39, 0.29) is 0 Å². The van der Waals surface area contributed by atoms with Crippen LogP contribution in [-0.2, 0) is 25.9 Å². The number of pyridine rings is 1. The zero-order valence-corrected chi connectivity index (χ0v) is 11.8. The Hall–Kier alpha value is -2.54. The number of hydrogen-bond acceptors (Lipinski definition) is 4. The number of benzene rings is 1. The third-order valence-corrected chi connectivity index (χ3v) is 4.40. The Kier molecular flexibility index (Phi) is 2.61. The molecule has 4 nitrogen and oxygen atoms in total. The largest absolute Gasteiger partial charge is 0.399 e. The monoisotopic (exact) mass is 276 g/mol. The molecule has 4 rings (SSSR count). The summed E-state index contributed by atoms with van der Waals surface area (Å²) in [6.45, 7) is 1.58. The molecule has 2 aliphatic rings. The molecule has 0 saturated heterocycles. The molecule has 2 aromatic rings. The van der Waals surface area contributed by atoms with Crippen molar-refractivity contribution in [3.8, 4) is 6.07 Å². The fourth-order valence-corrected chi connectivity index (χ4v) is 3.35. The molecule has 2 N–H and O–H groups in total. The molecular formula is C17H16N4. The van der Waals surface area contributed by atoms with Crippen LogP contribution in [0.2, 0.25) is 0 Å². The first-order valence-electron chi connectivity index (χ1n) is 7.30. The van der Waals surface area contributed by atoms with Crippen LogP contribution < -0.4 is 10.6 Å². The normalized spacial score (nSPS) is 15.7. The van der Waals surface area contributed by atoms with Gasteiger partial charge < -0.3 is 10.6 Å². The zero-order valence-electron chi connectivity index (χ0n) is 11.8. The summed E-state index contributed by atoms with van der Waals surface area (Å²) in [5.41, 5.74) is 12.3. The summed E-state index contributed by atoms with van der Waals surface area (Å²) >= 11 is 0. The van der Waals surface area contributed by atoms with Crippen LogP contribution in [0.3, 0.4) is 0 Å². The lowest BCUT2D eigenvalue weighted by molar-refractivity contribution is 0.841. The molecular weight excluding hydrogens is 260 g/mol. The van der Waals surface area contributed by atoms with Gasteiger partial charge in [-0.2, -0.15) is 5.26 Å². The number of nitrogen functional groups attached to an aromatic ring is 1. The van der Waals surface area contributed by atoms with E-state index in [9.17, 15) is 5.26 Å². The lowest BCUT2D eigenvalue weighted by Crippen LogP contribution is -2.18. The highest BCUT2D eigenvalue weighted by atomic mass is 15.2.